The Morgan fingerprint density at radius 3 is 1.93 bits per heavy atom. The minimum atomic E-state index is -1.11. The third-order valence-corrected chi connectivity index (χ3v) is 4.44. The molecule has 164 valence electrons. The van der Waals surface area contributed by atoms with Gasteiger partial charge in [0, 0.05) is 6.42 Å². The van der Waals surface area contributed by atoms with Crippen LogP contribution in [0.1, 0.15) is 105 Å². The maximum absolute atomic E-state index is 11.7. The van der Waals surface area contributed by atoms with Crippen molar-refractivity contribution in [3.05, 3.63) is 0 Å². The molecule has 0 aromatic heterocycles. The van der Waals surface area contributed by atoms with Crippen LogP contribution < -0.4 is 5.32 Å². The predicted octanol–water partition coefficient (Wildman–Crippen LogP) is 4.94. The number of ether oxygens (including phenoxy) is 1. The Morgan fingerprint density at radius 2 is 1.46 bits per heavy atom. The first-order valence-electron chi connectivity index (χ1n) is 11.1. The first kappa shape index (κ1) is 26.8. The molecule has 0 aliphatic carbocycles. The number of hydrogen-bond acceptors (Lipinski definition) is 4. The second-order valence-corrected chi connectivity index (χ2v) is 8.49. The van der Waals surface area contributed by atoms with Crippen molar-refractivity contribution in [1.29, 1.82) is 0 Å². The highest BCUT2D eigenvalue weighted by molar-refractivity contribution is 5.68. The maximum Gasteiger partial charge on any atom is 0.408 e. The average molecular weight is 398 g/mol. The number of unbranched alkanes of at least 4 members (excludes halogenated alkanes) is 11. The molecule has 0 fully saturated rings. The summed E-state index contributed by atoms with van der Waals surface area (Å²) >= 11 is 0. The van der Waals surface area contributed by atoms with E-state index in [1.54, 1.807) is 20.8 Å². The molecule has 0 rings (SSSR count). The molecule has 0 aromatic rings. The van der Waals surface area contributed by atoms with Crippen molar-refractivity contribution < 1.29 is 19.7 Å². The Morgan fingerprint density at radius 1 is 0.964 bits per heavy atom. The van der Waals surface area contributed by atoms with Gasteiger partial charge in [0.1, 0.15) is 11.7 Å². The molecule has 5 nitrogen and oxygen atoms in total. The summed E-state index contributed by atoms with van der Waals surface area (Å²) in [5.41, 5.74) is -0.629. The molecule has 0 aliphatic rings. The van der Waals surface area contributed by atoms with Crippen molar-refractivity contribution in [1.82, 2.24) is 5.32 Å². The SMILES string of the molecule is CCCCCCCCCCCCCC#C[C@H](O)[C@H](CO)NC(=O)OC(C)(C)C. The Balaban J connectivity index is 3.79. The summed E-state index contributed by atoms with van der Waals surface area (Å²) < 4.78 is 5.12. The van der Waals surface area contributed by atoms with E-state index in [1.165, 1.54) is 57.8 Å². The second kappa shape index (κ2) is 16.7. The highest BCUT2D eigenvalue weighted by atomic mass is 16.6. The molecule has 0 radical (unpaired) electrons. The van der Waals surface area contributed by atoms with Crippen LogP contribution in [-0.2, 0) is 4.74 Å². The minimum Gasteiger partial charge on any atom is -0.444 e. The summed E-state index contributed by atoms with van der Waals surface area (Å²) in [6, 6.07) is -0.848. The molecule has 0 saturated carbocycles. The summed E-state index contributed by atoms with van der Waals surface area (Å²) in [6.07, 6.45) is 13.1. The largest absolute Gasteiger partial charge is 0.444 e. The number of nitrogens with one attached hydrogen (secondary N) is 1. The number of aliphatic hydroxyl groups excluding tert-OH is 2. The normalized spacial score (nSPS) is 13.4. The lowest BCUT2D eigenvalue weighted by Crippen LogP contribution is -2.47. The van der Waals surface area contributed by atoms with Gasteiger partial charge in [-0.3, -0.25) is 0 Å². The fourth-order valence-electron chi connectivity index (χ4n) is 2.84. The van der Waals surface area contributed by atoms with Gasteiger partial charge in [0.15, 0.2) is 0 Å². The third-order valence-electron chi connectivity index (χ3n) is 4.44. The molecule has 2 atom stereocenters. The highest BCUT2D eigenvalue weighted by Crippen LogP contribution is 2.12. The van der Waals surface area contributed by atoms with Crippen molar-refractivity contribution in [2.24, 2.45) is 0 Å². The predicted molar refractivity (Wildman–Crippen MR) is 115 cm³/mol. The first-order chi connectivity index (χ1) is 13.3. The van der Waals surface area contributed by atoms with Gasteiger partial charge in [0.2, 0.25) is 0 Å². The third kappa shape index (κ3) is 16.9. The standard InChI is InChI=1S/C23H43NO4/c1-5-6-7-8-9-10-11-12-13-14-15-16-17-18-21(26)20(19-25)24-22(27)28-23(2,3)4/h20-21,25-26H,5-16,19H2,1-4H3,(H,24,27)/t20-,21-/m0/s1. The van der Waals surface area contributed by atoms with E-state index < -0.39 is 30.4 Å². The van der Waals surface area contributed by atoms with Crippen LogP contribution in [0.4, 0.5) is 4.79 Å². The van der Waals surface area contributed by atoms with Crippen molar-refractivity contribution >= 4 is 6.09 Å². The van der Waals surface area contributed by atoms with E-state index in [9.17, 15) is 15.0 Å². The number of rotatable bonds is 14. The second-order valence-electron chi connectivity index (χ2n) is 8.49. The van der Waals surface area contributed by atoms with E-state index in [-0.39, 0.29) is 0 Å². The number of hydrogen-bond donors (Lipinski definition) is 3. The molecule has 0 unspecified atom stereocenters. The van der Waals surface area contributed by atoms with Crippen LogP contribution in [0.25, 0.3) is 0 Å². The summed E-state index contributed by atoms with van der Waals surface area (Å²) in [5, 5.41) is 21.8. The molecular weight excluding hydrogens is 354 g/mol. The van der Waals surface area contributed by atoms with Crippen LogP contribution >= 0.6 is 0 Å². The van der Waals surface area contributed by atoms with E-state index in [1.807, 2.05) is 0 Å². The minimum absolute atomic E-state index is 0.395. The van der Waals surface area contributed by atoms with Gasteiger partial charge >= 0.3 is 6.09 Å². The lowest BCUT2D eigenvalue weighted by Gasteiger charge is -2.23. The van der Waals surface area contributed by atoms with Crippen LogP contribution in [0, 0.1) is 11.8 Å². The fourth-order valence-corrected chi connectivity index (χ4v) is 2.84. The van der Waals surface area contributed by atoms with E-state index in [2.05, 4.69) is 24.1 Å². The van der Waals surface area contributed by atoms with Gasteiger partial charge in [0.25, 0.3) is 0 Å². The topological polar surface area (TPSA) is 78.8 Å². The number of carbonyl (C=O) groups is 1. The Labute approximate surface area is 172 Å². The van der Waals surface area contributed by atoms with E-state index in [4.69, 9.17) is 4.74 Å². The van der Waals surface area contributed by atoms with Crippen molar-refractivity contribution in [2.75, 3.05) is 6.61 Å². The maximum atomic E-state index is 11.7. The lowest BCUT2D eigenvalue weighted by molar-refractivity contribution is 0.0413. The van der Waals surface area contributed by atoms with Crippen LogP contribution in [0.3, 0.4) is 0 Å². The van der Waals surface area contributed by atoms with Crippen LogP contribution in [-0.4, -0.2) is 40.7 Å². The zero-order chi connectivity index (χ0) is 21.3. The van der Waals surface area contributed by atoms with Crippen molar-refractivity contribution in [3.63, 3.8) is 0 Å². The van der Waals surface area contributed by atoms with Crippen molar-refractivity contribution in [2.45, 2.75) is 122 Å². The van der Waals surface area contributed by atoms with Gasteiger partial charge in [-0.15, -0.1) is 5.92 Å². The molecule has 0 spiro atoms. The van der Waals surface area contributed by atoms with E-state index in [0.717, 1.165) is 19.3 Å². The van der Waals surface area contributed by atoms with Crippen LogP contribution in [0.2, 0.25) is 0 Å². The van der Waals surface area contributed by atoms with Crippen molar-refractivity contribution in [3.8, 4) is 11.8 Å². The zero-order valence-electron chi connectivity index (χ0n) is 18.6. The first-order valence-corrected chi connectivity index (χ1v) is 11.1. The number of amides is 1. The quantitative estimate of drug-likeness (QED) is 0.287. The summed E-state index contributed by atoms with van der Waals surface area (Å²) in [5.74, 6) is 5.66. The monoisotopic (exact) mass is 397 g/mol. The summed E-state index contributed by atoms with van der Waals surface area (Å²) in [7, 11) is 0. The molecule has 0 bridgehead atoms. The Bertz CT molecular complexity index is 448. The average Bonchev–Trinajstić information content (AvgIpc) is 2.61. The molecule has 28 heavy (non-hydrogen) atoms. The van der Waals surface area contributed by atoms with Crippen LogP contribution in [0.15, 0.2) is 0 Å². The number of carbonyl (C=O) groups excluding carboxylic acids is 1. The summed E-state index contributed by atoms with van der Waals surface area (Å²) in [4.78, 5) is 11.7. The van der Waals surface area contributed by atoms with Crippen LogP contribution in [0.5, 0.6) is 0 Å². The Kier molecular flexibility index (Phi) is 15.9. The van der Waals surface area contributed by atoms with Gasteiger partial charge in [-0.2, -0.15) is 0 Å². The van der Waals surface area contributed by atoms with Gasteiger partial charge in [-0.1, -0.05) is 77.1 Å². The highest BCUT2D eigenvalue weighted by Gasteiger charge is 2.22. The number of alkyl carbamates (subject to hydrolysis) is 1. The Hall–Kier alpha value is -1.25. The smallest absolute Gasteiger partial charge is 0.408 e. The molecule has 0 heterocycles. The zero-order valence-corrected chi connectivity index (χ0v) is 18.6. The van der Waals surface area contributed by atoms with Gasteiger partial charge in [0.05, 0.1) is 12.6 Å². The summed E-state index contributed by atoms with van der Waals surface area (Å²) in [6.45, 7) is 7.11. The van der Waals surface area contributed by atoms with Gasteiger partial charge in [-0.25, -0.2) is 4.79 Å². The molecule has 0 aliphatic heterocycles. The lowest BCUT2D eigenvalue weighted by atomic mass is 10.1. The van der Waals surface area contributed by atoms with E-state index in [0.29, 0.717) is 0 Å². The van der Waals surface area contributed by atoms with Gasteiger partial charge < -0.3 is 20.3 Å². The molecule has 0 aromatic carbocycles. The number of aliphatic hydroxyl groups is 2. The molecule has 5 heteroatoms. The molecule has 3 N–H and O–H groups in total. The van der Waals surface area contributed by atoms with E-state index >= 15 is 0 Å². The molecular formula is C23H43NO4. The molecule has 1 amide bonds. The molecule has 0 saturated heterocycles. The fraction of sp³-hybridized carbons (Fsp3) is 0.870. The van der Waals surface area contributed by atoms with Gasteiger partial charge in [-0.05, 0) is 27.2 Å².